The molecule has 4 atom stereocenters. The van der Waals surface area contributed by atoms with Crippen molar-refractivity contribution < 1.29 is 20.1 Å². The number of aliphatic hydroxyl groups excluding tert-OH is 2. The lowest BCUT2D eigenvalue weighted by Crippen LogP contribution is -2.45. The van der Waals surface area contributed by atoms with Gasteiger partial charge in [-0.15, -0.1) is 0 Å². The third-order valence-electron chi connectivity index (χ3n) is 4.05. The van der Waals surface area contributed by atoms with Crippen LogP contribution in [0.15, 0.2) is 25.3 Å². The first-order chi connectivity index (χ1) is 10.9. The molecule has 1 fully saturated rings. The van der Waals surface area contributed by atoms with E-state index in [9.17, 15) is 15.3 Å². The first kappa shape index (κ1) is 15.8. The van der Waals surface area contributed by atoms with E-state index in [1.807, 2.05) is 14.1 Å². The molecule has 124 valence electrons. The summed E-state index contributed by atoms with van der Waals surface area (Å²) in [6, 6.07) is 0. The highest BCUT2D eigenvalue weighted by atomic mass is 16.6. The highest BCUT2D eigenvalue weighted by Gasteiger charge is 2.54. The molecule has 0 unspecified atom stereocenters. The summed E-state index contributed by atoms with van der Waals surface area (Å²) in [5.41, 5.74) is -0.793. The Hall–Kier alpha value is -2.07. The molecule has 23 heavy (non-hydrogen) atoms. The van der Waals surface area contributed by atoms with Crippen LogP contribution in [0.5, 0.6) is 0 Å². The van der Waals surface area contributed by atoms with Crippen molar-refractivity contribution >= 4 is 17.0 Å². The molecule has 9 heteroatoms. The Bertz CT molecular complexity index is 733. The highest BCUT2D eigenvalue weighted by Crippen LogP contribution is 2.40. The van der Waals surface area contributed by atoms with Crippen molar-refractivity contribution in [1.29, 1.82) is 0 Å². The molecule has 1 aliphatic rings. The minimum atomic E-state index is -1.77. The summed E-state index contributed by atoms with van der Waals surface area (Å²) < 4.78 is 7.11. The van der Waals surface area contributed by atoms with E-state index in [0.29, 0.717) is 17.0 Å². The van der Waals surface area contributed by atoms with Gasteiger partial charge in [-0.1, -0.05) is 12.7 Å². The Balaban J connectivity index is 2.13. The lowest BCUT2D eigenvalue weighted by molar-refractivity contribution is -0.0771. The maximum absolute atomic E-state index is 10.7. The molecule has 0 bridgehead atoms. The van der Waals surface area contributed by atoms with Crippen molar-refractivity contribution in [2.75, 3.05) is 25.6 Å². The van der Waals surface area contributed by atoms with Crippen LogP contribution in [-0.4, -0.2) is 73.3 Å². The van der Waals surface area contributed by atoms with Gasteiger partial charge in [0.2, 0.25) is 0 Å². The number of aromatic nitrogens is 4. The number of ether oxygens (including phenoxy) is 1. The van der Waals surface area contributed by atoms with Crippen LogP contribution in [0, 0.1) is 0 Å². The third kappa shape index (κ3) is 2.20. The monoisotopic (exact) mass is 321 g/mol. The van der Waals surface area contributed by atoms with Gasteiger partial charge in [-0.3, -0.25) is 4.57 Å². The number of nitrogens with zero attached hydrogens (tertiary/aromatic N) is 5. The quantitative estimate of drug-likeness (QED) is 0.618. The lowest BCUT2D eigenvalue weighted by atomic mass is 9.94. The van der Waals surface area contributed by atoms with Gasteiger partial charge in [0.05, 0.1) is 12.9 Å². The number of aliphatic hydroxyl groups is 3. The molecule has 2 aromatic heterocycles. The van der Waals surface area contributed by atoms with E-state index in [4.69, 9.17) is 4.74 Å². The molecule has 0 saturated carbocycles. The summed E-state index contributed by atoms with van der Waals surface area (Å²) in [5.74, 6) is 0.619. The van der Waals surface area contributed by atoms with Gasteiger partial charge in [0.15, 0.2) is 28.8 Å². The molecular weight excluding hydrogens is 302 g/mol. The molecule has 3 heterocycles. The zero-order valence-electron chi connectivity index (χ0n) is 12.9. The minimum absolute atomic E-state index is 0.432. The van der Waals surface area contributed by atoms with Crippen molar-refractivity contribution in [2.24, 2.45) is 0 Å². The number of imidazole rings is 1. The van der Waals surface area contributed by atoms with Crippen molar-refractivity contribution in [3.63, 3.8) is 0 Å². The summed E-state index contributed by atoms with van der Waals surface area (Å²) in [5, 5.41) is 30.3. The van der Waals surface area contributed by atoms with E-state index in [2.05, 4.69) is 21.5 Å². The normalized spacial score (nSPS) is 30.7. The van der Waals surface area contributed by atoms with Crippen LogP contribution in [0.3, 0.4) is 0 Å². The molecule has 3 rings (SSSR count). The minimum Gasteiger partial charge on any atom is -0.394 e. The Morgan fingerprint density at radius 3 is 2.78 bits per heavy atom. The fourth-order valence-corrected chi connectivity index (χ4v) is 2.78. The zero-order valence-corrected chi connectivity index (χ0v) is 12.9. The molecule has 3 N–H and O–H groups in total. The van der Waals surface area contributed by atoms with Gasteiger partial charge < -0.3 is 25.0 Å². The topological polar surface area (TPSA) is 117 Å². The average Bonchev–Trinajstić information content (AvgIpc) is 3.07. The molecule has 2 aromatic rings. The number of hydrogen-bond donors (Lipinski definition) is 3. The van der Waals surface area contributed by atoms with Crippen molar-refractivity contribution in [2.45, 2.75) is 24.0 Å². The van der Waals surface area contributed by atoms with Crippen LogP contribution in [-0.2, 0) is 4.74 Å². The van der Waals surface area contributed by atoms with Crippen LogP contribution < -0.4 is 4.90 Å². The largest absolute Gasteiger partial charge is 0.394 e. The zero-order chi connectivity index (χ0) is 16.8. The first-order valence-electron chi connectivity index (χ1n) is 7.09. The predicted molar refractivity (Wildman–Crippen MR) is 81.8 cm³/mol. The van der Waals surface area contributed by atoms with Crippen molar-refractivity contribution in [3.8, 4) is 0 Å². The Kier molecular flexibility index (Phi) is 3.80. The Morgan fingerprint density at radius 1 is 1.43 bits per heavy atom. The second kappa shape index (κ2) is 5.53. The summed E-state index contributed by atoms with van der Waals surface area (Å²) in [6.45, 7) is 3.14. The fraction of sp³-hybridized carbons (Fsp3) is 0.500. The van der Waals surface area contributed by atoms with Gasteiger partial charge in [-0.25, -0.2) is 15.0 Å². The van der Waals surface area contributed by atoms with Gasteiger partial charge in [-0.2, -0.15) is 0 Å². The van der Waals surface area contributed by atoms with Gasteiger partial charge in [0.25, 0.3) is 0 Å². The first-order valence-corrected chi connectivity index (χ1v) is 7.09. The number of anilines is 1. The highest BCUT2D eigenvalue weighted by molar-refractivity contribution is 5.83. The lowest BCUT2D eigenvalue weighted by Gasteiger charge is -2.28. The van der Waals surface area contributed by atoms with Crippen molar-refractivity contribution in [1.82, 2.24) is 19.5 Å². The smallest absolute Gasteiger partial charge is 0.172 e. The van der Waals surface area contributed by atoms with Crippen LogP contribution in [0.2, 0.25) is 0 Å². The van der Waals surface area contributed by atoms with Gasteiger partial charge in [0.1, 0.15) is 18.5 Å². The molecule has 0 spiro atoms. The standard InChI is InChI=1S/C14H19N5O4/c1-4-14(22)10(21)8(5-20)23-13(14)19-7-17-9-11(18(2)3)15-6-16-12(9)19/h4,6-8,10,13,20-22H,1,5H2,2-3H3/t8-,10-,13-,14-/m1/s1. The SMILES string of the molecule is C=C[C@@]1(O)[C@H](O)[C@@H](CO)O[C@H]1n1cnc2c(N(C)C)ncnc21. The third-order valence-corrected chi connectivity index (χ3v) is 4.05. The van der Waals surface area contributed by atoms with E-state index in [1.165, 1.54) is 23.3 Å². The van der Waals surface area contributed by atoms with E-state index in [-0.39, 0.29) is 0 Å². The van der Waals surface area contributed by atoms with Gasteiger partial charge >= 0.3 is 0 Å². The molecule has 9 nitrogen and oxygen atoms in total. The molecule has 0 aromatic carbocycles. The summed E-state index contributed by atoms with van der Waals surface area (Å²) in [6.07, 6.45) is 0.786. The maximum atomic E-state index is 10.7. The number of rotatable bonds is 4. The van der Waals surface area contributed by atoms with Crippen LogP contribution >= 0.6 is 0 Å². The van der Waals surface area contributed by atoms with E-state index < -0.39 is 30.6 Å². The predicted octanol–water partition coefficient (Wildman–Crippen LogP) is -0.940. The summed E-state index contributed by atoms with van der Waals surface area (Å²) in [4.78, 5) is 14.5. The van der Waals surface area contributed by atoms with Crippen LogP contribution in [0.1, 0.15) is 6.23 Å². The molecule has 1 saturated heterocycles. The molecule has 0 radical (unpaired) electrons. The average molecular weight is 321 g/mol. The molecule has 1 aliphatic heterocycles. The van der Waals surface area contributed by atoms with E-state index in [1.54, 1.807) is 4.90 Å². The van der Waals surface area contributed by atoms with E-state index in [0.717, 1.165) is 0 Å². The fourth-order valence-electron chi connectivity index (χ4n) is 2.78. The molecular formula is C14H19N5O4. The maximum Gasteiger partial charge on any atom is 0.172 e. The molecule has 0 aliphatic carbocycles. The second-order valence-electron chi connectivity index (χ2n) is 5.66. The summed E-state index contributed by atoms with van der Waals surface area (Å²) in [7, 11) is 3.66. The number of fused-ring (bicyclic) bond motifs is 1. The Morgan fingerprint density at radius 2 is 2.17 bits per heavy atom. The number of hydrogen-bond acceptors (Lipinski definition) is 8. The van der Waals surface area contributed by atoms with Crippen LogP contribution in [0.4, 0.5) is 5.82 Å². The second-order valence-corrected chi connectivity index (χ2v) is 5.66. The summed E-state index contributed by atoms with van der Waals surface area (Å²) >= 11 is 0. The van der Waals surface area contributed by atoms with E-state index >= 15 is 0 Å². The van der Waals surface area contributed by atoms with Crippen LogP contribution in [0.25, 0.3) is 11.2 Å². The van der Waals surface area contributed by atoms with Crippen molar-refractivity contribution in [3.05, 3.63) is 25.3 Å². The van der Waals surface area contributed by atoms with Gasteiger partial charge in [-0.05, 0) is 0 Å². The Labute approximate surface area is 132 Å². The molecule has 0 amide bonds. The van der Waals surface area contributed by atoms with Gasteiger partial charge in [0, 0.05) is 14.1 Å².